The Morgan fingerprint density at radius 3 is 1.16 bits per heavy atom. The van der Waals surface area contributed by atoms with Crippen molar-refractivity contribution >= 4 is 35.3 Å². The molecule has 0 fully saturated rings. The summed E-state index contributed by atoms with van der Waals surface area (Å²) in [5, 5.41) is 0. The van der Waals surface area contributed by atoms with Crippen molar-refractivity contribution < 1.29 is 28.4 Å². The minimum Gasteiger partial charge on any atom is -0.496 e. The zero-order valence-corrected chi connectivity index (χ0v) is 21.3. The van der Waals surface area contributed by atoms with Gasteiger partial charge in [0.1, 0.15) is 23.0 Å². The minimum atomic E-state index is 0.665. The quantitative estimate of drug-likeness (QED) is 0.260. The standard InChI is InChI=1S/C22H30O6S3/c1-23-7-9-29-19-11-17(27-5)21(13-15(19)25-3)31-22-14-16(26-4)20(12-18(22)28-6)30-10-8-24-2/h11-14H,7-10H2,1-6H3. The molecule has 0 spiro atoms. The van der Waals surface area contributed by atoms with Crippen molar-refractivity contribution in [2.45, 2.75) is 19.6 Å². The van der Waals surface area contributed by atoms with Crippen LogP contribution >= 0.6 is 35.3 Å². The average molecular weight is 487 g/mol. The van der Waals surface area contributed by atoms with Crippen molar-refractivity contribution in [2.24, 2.45) is 0 Å². The molecule has 9 heteroatoms. The summed E-state index contributed by atoms with van der Waals surface area (Å²) in [6.07, 6.45) is 0. The van der Waals surface area contributed by atoms with Gasteiger partial charge < -0.3 is 28.4 Å². The van der Waals surface area contributed by atoms with Gasteiger partial charge in [-0.05, 0) is 24.3 Å². The van der Waals surface area contributed by atoms with Gasteiger partial charge in [0.05, 0.1) is 61.2 Å². The maximum Gasteiger partial charge on any atom is 0.134 e. The zero-order valence-electron chi connectivity index (χ0n) is 18.8. The van der Waals surface area contributed by atoms with Gasteiger partial charge in [0, 0.05) is 25.7 Å². The average Bonchev–Trinajstić information content (AvgIpc) is 2.80. The Labute approximate surface area is 197 Å². The summed E-state index contributed by atoms with van der Waals surface area (Å²) in [6, 6.07) is 7.98. The van der Waals surface area contributed by atoms with E-state index in [9.17, 15) is 0 Å². The molecule has 2 aromatic rings. The van der Waals surface area contributed by atoms with Crippen LogP contribution in [-0.4, -0.2) is 67.4 Å². The van der Waals surface area contributed by atoms with Crippen LogP contribution in [0.2, 0.25) is 0 Å². The van der Waals surface area contributed by atoms with Gasteiger partial charge in [0.2, 0.25) is 0 Å². The Balaban J connectivity index is 2.37. The molecule has 0 bridgehead atoms. The van der Waals surface area contributed by atoms with Crippen LogP contribution in [0.1, 0.15) is 0 Å². The van der Waals surface area contributed by atoms with Crippen LogP contribution in [0.25, 0.3) is 0 Å². The summed E-state index contributed by atoms with van der Waals surface area (Å²) in [4.78, 5) is 3.87. The second-order valence-electron chi connectivity index (χ2n) is 6.09. The molecule has 2 aromatic carbocycles. The van der Waals surface area contributed by atoms with Crippen LogP contribution < -0.4 is 18.9 Å². The monoisotopic (exact) mass is 486 g/mol. The molecule has 6 nitrogen and oxygen atoms in total. The lowest BCUT2D eigenvalue weighted by Gasteiger charge is -2.17. The number of ether oxygens (including phenoxy) is 6. The first-order valence-electron chi connectivity index (χ1n) is 9.55. The summed E-state index contributed by atoms with van der Waals surface area (Å²) < 4.78 is 32.9. The van der Waals surface area contributed by atoms with Gasteiger partial charge in [0.15, 0.2) is 0 Å². The molecule has 0 amide bonds. The Kier molecular flexibility index (Phi) is 11.6. The summed E-state index contributed by atoms with van der Waals surface area (Å²) in [6.45, 7) is 1.33. The van der Waals surface area contributed by atoms with Crippen molar-refractivity contribution in [3.8, 4) is 23.0 Å². The molecule has 31 heavy (non-hydrogen) atoms. The largest absolute Gasteiger partial charge is 0.496 e. The van der Waals surface area contributed by atoms with E-state index in [0.29, 0.717) is 13.2 Å². The van der Waals surface area contributed by atoms with Crippen LogP contribution in [0.5, 0.6) is 23.0 Å². The molecule has 0 aromatic heterocycles. The van der Waals surface area contributed by atoms with E-state index in [2.05, 4.69) is 0 Å². The van der Waals surface area contributed by atoms with Crippen LogP contribution in [0.15, 0.2) is 43.8 Å². The summed E-state index contributed by atoms with van der Waals surface area (Å²) in [5.74, 6) is 4.78. The Morgan fingerprint density at radius 1 is 0.516 bits per heavy atom. The zero-order chi connectivity index (χ0) is 22.6. The SMILES string of the molecule is COCCSc1cc(OC)c(Sc2cc(OC)c(SCCOC)cc2OC)cc1OC. The highest BCUT2D eigenvalue weighted by Crippen LogP contribution is 2.47. The van der Waals surface area contributed by atoms with Gasteiger partial charge in [0.25, 0.3) is 0 Å². The lowest BCUT2D eigenvalue weighted by atomic mass is 10.3. The summed E-state index contributed by atoms with van der Waals surface area (Å²) in [5.41, 5.74) is 0. The third kappa shape index (κ3) is 7.32. The number of methoxy groups -OCH3 is 6. The molecule has 0 N–H and O–H groups in total. The first kappa shape index (κ1) is 25.9. The molecule has 0 aliphatic heterocycles. The van der Waals surface area contributed by atoms with Crippen molar-refractivity contribution in [1.82, 2.24) is 0 Å². The van der Waals surface area contributed by atoms with Gasteiger partial charge in [-0.3, -0.25) is 0 Å². The summed E-state index contributed by atoms with van der Waals surface area (Å²) >= 11 is 4.88. The molecule has 0 saturated carbocycles. The third-order valence-electron chi connectivity index (χ3n) is 4.21. The predicted molar refractivity (Wildman–Crippen MR) is 128 cm³/mol. The lowest BCUT2D eigenvalue weighted by Crippen LogP contribution is -1.97. The Bertz CT molecular complexity index is 764. The van der Waals surface area contributed by atoms with E-state index in [1.54, 1.807) is 77.9 Å². The van der Waals surface area contributed by atoms with Gasteiger partial charge in [-0.1, -0.05) is 11.8 Å². The van der Waals surface area contributed by atoms with Crippen LogP contribution in [0, 0.1) is 0 Å². The minimum absolute atomic E-state index is 0.665. The molecule has 0 unspecified atom stereocenters. The van der Waals surface area contributed by atoms with E-state index in [-0.39, 0.29) is 0 Å². The van der Waals surface area contributed by atoms with Gasteiger partial charge in [-0.2, -0.15) is 0 Å². The van der Waals surface area contributed by atoms with Crippen LogP contribution in [0.3, 0.4) is 0 Å². The second kappa shape index (κ2) is 13.9. The number of rotatable bonds is 14. The van der Waals surface area contributed by atoms with Crippen molar-refractivity contribution in [1.29, 1.82) is 0 Å². The first-order valence-corrected chi connectivity index (χ1v) is 12.3. The molecular weight excluding hydrogens is 456 g/mol. The highest BCUT2D eigenvalue weighted by molar-refractivity contribution is 8.00. The van der Waals surface area contributed by atoms with Gasteiger partial charge in [-0.15, -0.1) is 23.5 Å². The Hall–Kier alpha value is -1.39. The lowest BCUT2D eigenvalue weighted by molar-refractivity contribution is 0.218. The third-order valence-corrected chi connectivity index (χ3v) is 7.29. The molecule has 0 saturated heterocycles. The fraction of sp³-hybridized carbons (Fsp3) is 0.455. The molecule has 0 aliphatic carbocycles. The first-order chi connectivity index (χ1) is 15.1. The maximum absolute atomic E-state index is 5.67. The fourth-order valence-corrected chi connectivity index (χ4v) is 5.60. The van der Waals surface area contributed by atoms with E-state index in [4.69, 9.17) is 28.4 Å². The Morgan fingerprint density at radius 2 is 0.839 bits per heavy atom. The van der Waals surface area contributed by atoms with Crippen LogP contribution in [0.4, 0.5) is 0 Å². The summed E-state index contributed by atoms with van der Waals surface area (Å²) in [7, 11) is 10.1. The number of hydrogen-bond acceptors (Lipinski definition) is 9. The number of benzene rings is 2. The smallest absolute Gasteiger partial charge is 0.134 e. The van der Waals surface area contributed by atoms with E-state index in [1.807, 2.05) is 24.3 Å². The molecule has 172 valence electrons. The molecular formula is C22H30O6S3. The predicted octanol–water partition coefficient (Wildman–Crippen LogP) is 5.35. The normalized spacial score (nSPS) is 10.8. The number of thioether (sulfide) groups is 2. The second-order valence-corrected chi connectivity index (χ2v) is 9.45. The maximum atomic E-state index is 5.67. The number of hydrogen-bond donors (Lipinski definition) is 0. The van der Waals surface area contributed by atoms with E-state index >= 15 is 0 Å². The van der Waals surface area contributed by atoms with E-state index in [0.717, 1.165) is 54.1 Å². The topological polar surface area (TPSA) is 55.4 Å². The highest BCUT2D eigenvalue weighted by Gasteiger charge is 2.17. The van der Waals surface area contributed by atoms with E-state index < -0.39 is 0 Å². The van der Waals surface area contributed by atoms with Crippen molar-refractivity contribution in [2.75, 3.05) is 67.4 Å². The van der Waals surface area contributed by atoms with Crippen molar-refractivity contribution in [3.63, 3.8) is 0 Å². The van der Waals surface area contributed by atoms with E-state index in [1.165, 1.54) is 0 Å². The molecule has 0 atom stereocenters. The van der Waals surface area contributed by atoms with Gasteiger partial charge in [-0.25, -0.2) is 0 Å². The van der Waals surface area contributed by atoms with Crippen molar-refractivity contribution in [3.05, 3.63) is 24.3 Å². The van der Waals surface area contributed by atoms with Gasteiger partial charge >= 0.3 is 0 Å². The fourth-order valence-electron chi connectivity index (χ4n) is 2.66. The molecule has 0 heterocycles. The van der Waals surface area contributed by atoms with Crippen LogP contribution in [-0.2, 0) is 9.47 Å². The molecule has 0 radical (unpaired) electrons. The molecule has 0 aliphatic rings. The highest BCUT2D eigenvalue weighted by atomic mass is 32.2. The molecule has 2 rings (SSSR count).